The van der Waals surface area contributed by atoms with Gasteiger partial charge in [-0.1, -0.05) is 6.07 Å². The van der Waals surface area contributed by atoms with Crippen molar-refractivity contribution in [3.8, 4) is 0 Å². The van der Waals surface area contributed by atoms with Crippen molar-refractivity contribution < 1.29 is 8.42 Å². The van der Waals surface area contributed by atoms with E-state index in [1.165, 1.54) is 4.31 Å². The maximum atomic E-state index is 12.7. The summed E-state index contributed by atoms with van der Waals surface area (Å²) in [5.74, 6) is 0.360. The van der Waals surface area contributed by atoms with Gasteiger partial charge in [-0.25, -0.2) is 13.4 Å². The van der Waals surface area contributed by atoms with Gasteiger partial charge in [-0.3, -0.25) is 4.40 Å². The van der Waals surface area contributed by atoms with E-state index in [4.69, 9.17) is 0 Å². The van der Waals surface area contributed by atoms with Gasteiger partial charge in [0, 0.05) is 26.3 Å². The van der Waals surface area contributed by atoms with Crippen molar-refractivity contribution in [3.63, 3.8) is 0 Å². The molecule has 0 fully saturated rings. The number of anilines is 1. The second kappa shape index (κ2) is 4.82. The molecule has 7 heteroatoms. The normalized spacial score (nSPS) is 12.5. The second-order valence-electron chi connectivity index (χ2n) is 4.56. The third-order valence-corrected chi connectivity index (χ3v) is 5.13. The van der Waals surface area contributed by atoms with Crippen LogP contribution < -0.4 is 5.32 Å². The molecular weight excluding hydrogens is 264 g/mol. The molecule has 0 aliphatic carbocycles. The first-order valence-corrected chi connectivity index (χ1v) is 7.46. The number of fused-ring (bicyclic) bond motifs is 1. The molecule has 0 aliphatic heterocycles. The first-order valence-electron chi connectivity index (χ1n) is 6.02. The Morgan fingerprint density at radius 1 is 1.37 bits per heavy atom. The van der Waals surface area contributed by atoms with Crippen molar-refractivity contribution in [1.29, 1.82) is 0 Å². The van der Waals surface area contributed by atoms with Crippen LogP contribution in [0.4, 0.5) is 5.82 Å². The number of aromatic nitrogens is 2. The van der Waals surface area contributed by atoms with Gasteiger partial charge in [0.1, 0.15) is 5.65 Å². The van der Waals surface area contributed by atoms with E-state index < -0.39 is 10.0 Å². The quantitative estimate of drug-likeness (QED) is 0.920. The lowest BCUT2D eigenvalue weighted by Crippen LogP contribution is -2.34. The summed E-state index contributed by atoms with van der Waals surface area (Å²) < 4.78 is 28.2. The van der Waals surface area contributed by atoms with Crippen LogP contribution in [-0.4, -0.2) is 42.2 Å². The Bertz CT molecular complexity index is 691. The predicted molar refractivity (Wildman–Crippen MR) is 74.8 cm³/mol. The number of hydrogen-bond acceptors (Lipinski definition) is 4. The van der Waals surface area contributed by atoms with Gasteiger partial charge in [-0.15, -0.1) is 0 Å². The Labute approximate surface area is 113 Å². The Balaban J connectivity index is 2.74. The highest BCUT2D eigenvalue weighted by Crippen LogP contribution is 2.25. The van der Waals surface area contributed by atoms with E-state index in [9.17, 15) is 8.42 Å². The van der Waals surface area contributed by atoms with Gasteiger partial charge in [0.15, 0.2) is 10.8 Å². The topological polar surface area (TPSA) is 66.7 Å². The number of rotatable bonds is 4. The van der Waals surface area contributed by atoms with Crippen LogP contribution in [0.2, 0.25) is 0 Å². The molecule has 2 heterocycles. The molecule has 0 aliphatic rings. The van der Waals surface area contributed by atoms with Gasteiger partial charge in [0.25, 0.3) is 10.0 Å². The monoisotopic (exact) mass is 282 g/mol. The molecular formula is C12H18N4O2S. The summed E-state index contributed by atoms with van der Waals surface area (Å²) in [5.41, 5.74) is 0.600. The zero-order valence-electron chi connectivity index (χ0n) is 11.5. The first kappa shape index (κ1) is 13.8. The molecule has 0 unspecified atom stereocenters. The largest absolute Gasteiger partial charge is 0.371 e. The molecule has 0 atom stereocenters. The third kappa shape index (κ3) is 2.19. The summed E-state index contributed by atoms with van der Waals surface area (Å²) >= 11 is 0. The minimum atomic E-state index is -3.59. The average Bonchev–Trinajstić information content (AvgIpc) is 2.76. The molecule has 2 aromatic heterocycles. The highest BCUT2D eigenvalue weighted by atomic mass is 32.2. The number of nitrogens with one attached hydrogen (secondary N) is 1. The molecule has 0 saturated heterocycles. The summed E-state index contributed by atoms with van der Waals surface area (Å²) in [5, 5.41) is 3.02. The maximum absolute atomic E-state index is 12.7. The van der Waals surface area contributed by atoms with E-state index in [1.807, 2.05) is 19.9 Å². The average molecular weight is 282 g/mol. The minimum absolute atomic E-state index is 0.121. The molecule has 19 heavy (non-hydrogen) atoms. The van der Waals surface area contributed by atoms with Crippen LogP contribution >= 0.6 is 0 Å². The van der Waals surface area contributed by atoms with E-state index in [1.54, 1.807) is 36.8 Å². The van der Waals surface area contributed by atoms with Crippen molar-refractivity contribution >= 4 is 21.5 Å². The van der Waals surface area contributed by atoms with Crippen LogP contribution in [0.15, 0.2) is 29.4 Å². The van der Waals surface area contributed by atoms with Gasteiger partial charge in [-0.05, 0) is 26.0 Å². The fraction of sp³-hybridized carbons (Fsp3) is 0.417. The van der Waals surface area contributed by atoms with Crippen molar-refractivity contribution in [2.75, 3.05) is 19.4 Å². The van der Waals surface area contributed by atoms with Gasteiger partial charge in [0.2, 0.25) is 0 Å². The van der Waals surface area contributed by atoms with Gasteiger partial charge >= 0.3 is 0 Å². The van der Waals surface area contributed by atoms with Crippen molar-refractivity contribution in [3.05, 3.63) is 24.4 Å². The summed E-state index contributed by atoms with van der Waals surface area (Å²) in [7, 11) is -0.359. The SMILES string of the molecule is CNc1nc2ccccn2c1S(=O)(=O)N(C)C(C)C. The van der Waals surface area contributed by atoms with E-state index in [2.05, 4.69) is 10.3 Å². The maximum Gasteiger partial charge on any atom is 0.262 e. The van der Waals surface area contributed by atoms with Crippen molar-refractivity contribution in [2.45, 2.75) is 24.9 Å². The molecule has 1 N–H and O–H groups in total. The molecule has 2 aromatic rings. The van der Waals surface area contributed by atoms with Crippen LogP contribution in [0, 0.1) is 0 Å². The number of nitrogens with zero attached hydrogens (tertiary/aromatic N) is 3. The van der Waals surface area contributed by atoms with Crippen molar-refractivity contribution in [1.82, 2.24) is 13.7 Å². The van der Waals surface area contributed by atoms with E-state index >= 15 is 0 Å². The Hall–Kier alpha value is -1.60. The lowest BCUT2D eigenvalue weighted by Gasteiger charge is -2.21. The summed E-state index contributed by atoms with van der Waals surface area (Å²) in [6.45, 7) is 3.67. The number of pyridine rings is 1. The third-order valence-electron chi connectivity index (χ3n) is 3.07. The zero-order chi connectivity index (χ0) is 14.2. The molecule has 0 amide bonds. The second-order valence-corrected chi connectivity index (χ2v) is 6.47. The van der Waals surface area contributed by atoms with Crippen LogP contribution in [0.25, 0.3) is 5.65 Å². The predicted octanol–water partition coefficient (Wildman–Crippen LogP) is 1.40. The Morgan fingerprint density at radius 3 is 2.63 bits per heavy atom. The van der Waals surface area contributed by atoms with Gasteiger partial charge in [-0.2, -0.15) is 4.31 Å². The molecule has 0 aromatic carbocycles. The fourth-order valence-electron chi connectivity index (χ4n) is 1.80. The Morgan fingerprint density at radius 2 is 2.05 bits per heavy atom. The van der Waals surface area contributed by atoms with Crippen LogP contribution in [0.1, 0.15) is 13.8 Å². The minimum Gasteiger partial charge on any atom is -0.371 e. The summed E-state index contributed by atoms with van der Waals surface area (Å²) in [6, 6.07) is 5.26. The molecule has 0 spiro atoms. The molecule has 0 saturated carbocycles. The van der Waals surface area contributed by atoms with Crippen LogP contribution in [0.5, 0.6) is 0 Å². The number of imidazole rings is 1. The lowest BCUT2D eigenvalue weighted by molar-refractivity contribution is 0.408. The van der Waals surface area contributed by atoms with Crippen LogP contribution in [0.3, 0.4) is 0 Å². The fourth-order valence-corrected chi connectivity index (χ4v) is 3.42. The molecule has 0 bridgehead atoms. The highest BCUT2D eigenvalue weighted by Gasteiger charge is 2.30. The lowest BCUT2D eigenvalue weighted by atomic mass is 10.4. The first-order chi connectivity index (χ1) is 8.89. The van der Waals surface area contributed by atoms with E-state index in [0.717, 1.165) is 0 Å². The summed E-state index contributed by atoms with van der Waals surface area (Å²) in [6.07, 6.45) is 1.70. The molecule has 104 valence electrons. The smallest absolute Gasteiger partial charge is 0.262 e. The van der Waals surface area contributed by atoms with Gasteiger partial charge < -0.3 is 5.32 Å². The standard InChI is InChI=1S/C12H18N4O2S/c1-9(2)15(4)19(17,18)12-11(13-3)14-10-7-5-6-8-16(10)12/h5-9,13H,1-4H3. The van der Waals surface area contributed by atoms with Crippen LogP contribution in [-0.2, 0) is 10.0 Å². The summed E-state index contributed by atoms with van der Waals surface area (Å²) in [4.78, 5) is 4.29. The Kier molecular flexibility index (Phi) is 3.51. The highest BCUT2D eigenvalue weighted by molar-refractivity contribution is 7.89. The number of sulfonamides is 1. The zero-order valence-corrected chi connectivity index (χ0v) is 12.3. The van der Waals surface area contributed by atoms with Crippen molar-refractivity contribution in [2.24, 2.45) is 0 Å². The van der Waals surface area contributed by atoms with Gasteiger partial charge in [0.05, 0.1) is 0 Å². The van der Waals surface area contributed by atoms with E-state index in [0.29, 0.717) is 11.5 Å². The number of hydrogen-bond donors (Lipinski definition) is 1. The molecule has 0 radical (unpaired) electrons. The molecule has 2 rings (SSSR count). The van der Waals surface area contributed by atoms with E-state index in [-0.39, 0.29) is 11.1 Å². The molecule has 6 nitrogen and oxygen atoms in total.